The number of rotatable bonds is 8. The summed E-state index contributed by atoms with van der Waals surface area (Å²) < 4.78 is 19.0. The van der Waals surface area contributed by atoms with Gasteiger partial charge in [-0.25, -0.2) is 0 Å². The van der Waals surface area contributed by atoms with Crippen molar-refractivity contribution in [1.29, 1.82) is 0 Å². The van der Waals surface area contributed by atoms with Crippen LogP contribution in [0.15, 0.2) is 156 Å². The maximum atomic E-state index is 8.44. The van der Waals surface area contributed by atoms with Crippen molar-refractivity contribution in [2.45, 2.75) is 95.8 Å². The predicted octanol–water partition coefficient (Wildman–Crippen LogP) is 16.8. The van der Waals surface area contributed by atoms with Crippen LogP contribution in [0.25, 0.3) is 83.6 Å². The Labute approximate surface area is 426 Å². The first-order chi connectivity index (χ1) is 32.9. The number of hydrogen-bond donors (Lipinski definition) is 0. The molecule has 0 N–H and O–H groups in total. The molecule has 1 radical (unpaired) electrons. The van der Waals surface area contributed by atoms with Crippen molar-refractivity contribution in [2.24, 2.45) is 0 Å². The van der Waals surface area contributed by atoms with E-state index in [0.717, 1.165) is 55.8 Å². The molecule has 6 heteroatoms. The predicted molar refractivity (Wildman–Crippen MR) is 289 cm³/mol. The minimum absolute atomic E-state index is 0. The Balaban J connectivity index is 0.000000244. The van der Waals surface area contributed by atoms with E-state index in [4.69, 9.17) is 10.8 Å². The number of para-hydroxylation sites is 2. The molecular weight excluding hydrogens is 1080 g/mol. The summed E-state index contributed by atoms with van der Waals surface area (Å²) in [5, 5.41) is 2.26. The monoisotopic (exact) mass is 1140 g/mol. The molecular formula is C63H61GeIrN3O-2. The summed E-state index contributed by atoms with van der Waals surface area (Å²) in [6.45, 7) is 17.7. The number of aromatic nitrogens is 3. The molecule has 1 aliphatic carbocycles. The Kier molecular flexibility index (Phi) is 12.8. The molecule has 11 rings (SSSR count). The molecule has 0 amide bonds. The first-order valence-electron chi connectivity index (χ1n) is 24.6. The van der Waals surface area contributed by atoms with Crippen molar-refractivity contribution in [2.75, 3.05) is 0 Å². The molecule has 0 atom stereocenters. The van der Waals surface area contributed by atoms with Gasteiger partial charge in [0.15, 0.2) is 0 Å². The van der Waals surface area contributed by atoms with Gasteiger partial charge in [0.25, 0.3) is 0 Å². The normalized spacial score (nSPS) is 13.3. The van der Waals surface area contributed by atoms with Crippen molar-refractivity contribution >= 4 is 50.6 Å². The minimum Gasteiger partial charge on any atom is 0 e. The zero-order chi connectivity index (χ0) is 48.6. The Morgan fingerprint density at radius 2 is 1.36 bits per heavy atom. The quantitative estimate of drug-likeness (QED) is 0.112. The van der Waals surface area contributed by atoms with Crippen LogP contribution >= 0.6 is 0 Å². The van der Waals surface area contributed by atoms with Crippen LogP contribution in [0.4, 0.5) is 0 Å². The summed E-state index contributed by atoms with van der Waals surface area (Å²) in [5.74, 6) is 7.85. The molecule has 7 aromatic carbocycles. The molecule has 69 heavy (non-hydrogen) atoms. The molecule has 0 saturated heterocycles. The van der Waals surface area contributed by atoms with Crippen molar-refractivity contribution in [1.82, 2.24) is 14.5 Å². The molecule has 3 aromatic heterocycles. The van der Waals surface area contributed by atoms with Crippen molar-refractivity contribution in [3.63, 3.8) is 0 Å². The number of fused-ring (bicyclic) bond motifs is 8. The summed E-state index contributed by atoms with van der Waals surface area (Å²) in [4.78, 5) is 9.99. The van der Waals surface area contributed by atoms with Gasteiger partial charge in [0, 0.05) is 36.6 Å². The van der Waals surface area contributed by atoms with E-state index in [9.17, 15) is 0 Å². The van der Waals surface area contributed by atoms with Gasteiger partial charge in [-0.05, 0) is 86.7 Å². The third-order valence-corrected chi connectivity index (χ3v) is 18.1. The molecule has 349 valence electrons. The minimum atomic E-state index is -2.03. The smallest absolute Gasteiger partial charge is 0 e. The maximum Gasteiger partial charge on any atom is 0 e. The molecule has 0 spiro atoms. The van der Waals surface area contributed by atoms with E-state index in [0.29, 0.717) is 0 Å². The topological polar surface area (TPSA) is 43.9 Å². The zero-order valence-electron chi connectivity index (χ0n) is 42.7. The van der Waals surface area contributed by atoms with E-state index in [1.54, 1.807) is 0 Å². The van der Waals surface area contributed by atoms with Gasteiger partial charge in [-0.1, -0.05) is 125 Å². The zero-order valence-corrected chi connectivity index (χ0v) is 46.2. The first kappa shape index (κ1) is 46.9. The maximum absolute atomic E-state index is 8.44. The van der Waals surface area contributed by atoms with Crippen LogP contribution in [0.2, 0.25) is 17.3 Å². The van der Waals surface area contributed by atoms with E-state index in [1.165, 1.54) is 60.0 Å². The molecule has 0 aliphatic heterocycles. The third-order valence-electron chi connectivity index (χ3n) is 13.9. The number of pyridine rings is 1. The third kappa shape index (κ3) is 8.55. The molecule has 0 unspecified atom stereocenters. The SMILES string of the molecule is CC(C)c1cc(-c2ccccc2)cc(C(C)C)c1-n1c(-c2[c-]ccc3c2oc2ccc4c(c23)-c2ccccc2C4(C)C)nc2ccccc21.[2H]C(C)(C)c1cc(-c2[c-]cccc2)nc[c]1[Ge]([CH3])([CH3])[CH3].[Ir]. The summed E-state index contributed by atoms with van der Waals surface area (Å²) in [6.07, 6.45) is 2.00. The molecule has 3 heterocycles. The van der Waals surface area contributed by atoms with E-state index in [2.05, 4.69) is 196 Å². The second-order valence-electron chi connectivity index (χ2n) is 20.8. The van der Waals surface area contributed by atoms with Gasteiger partial charge < -0.3 is 8.98 Å². The number of hydrogen-bond acceptors (Lipinski definition) is 3. The average molecular weight is 1140 g/mol. The molecule has 0 saturated carbocycles. The van der Waals surface area contributed by atoms with Crippen LogP contribution in [0.5, 0.6) is 0 Å². The van der Waals surface area contributed by atoms with Gasteiger partial charge in [-0.2, -0.15) is 0 Å². The van der Waals surface area contributed by atoms with Gasteiger partial charge in [0.1, 0.15) is 5.58 Å². The fourth-order valence-corrected chi connectivity index (χ4v) is 13.7. The number of imidazole rings is 1. The Morgan fingerprint density at radius 1 is 0.681 bits per heavy atom. The summed E-state index contributed by atoms with van der Waals surface area (Å²) in [6, 6.07) is 58.2. The first-order valence-corrected chi connectivity index (χ1v) is 31.5. The van der Waals surface area contributed by atoms with Crippen molar-refractivity contribution in [3.05, 3.63) is 192 Å². The van der Waals surface area contributed by atoms with Gasteiger partial charge in [0.05, 0.1) is 22.4 Å². The number of benzene rings is 7. The Hall–Kier alpha value is -5.85. The molecule has 4 nitrogen and oxygen atoms in total. The average Bonchev–Trinajstić information content (AvgIpc) is 3.99. The number of furan rings is 1. The molecule has 1 aliphatic rings. The standard InChI is InChI=1S/C46H39N2O.C17H22GeN.Ir/c1-27(2)34-25-30(29-15-8-7-9-16-29)26-35(28(3)4)43(34)48-39-22-13-12-21-38(39)47-45(48)33-19-14-18-32-42-40(49-44(32)33)24-23-37-41(42)31-17-10-11-20-36(31)46(37,5)6;1-13(2)15-11-17(14-9-7-6-8-10-14)19-12-16(15)18(3,4)5;/h7-18,20-28H,1-6H3;6-9,11-13H,1-5H3;/q2*-1;/i;13D;. The summed E-state index contributed by atoms with van der Waals surface area (Å²) in [5.41, 5.74) is 19.1. The van der Waals surface area contributed by atoms with Crippen LogP contribution in [0.3, 0.4) is 0 Å². The van der Waals surface area contributed by atoms with Gasteiger partial charge in [-0.3, -0.25) is 4.98 Å². The second-order valence-corrected chi connectivity index (χ2v) is 31.4. The Morgan fingerprint density at radius 3 is 2.04 bits per heavy atom. The second kappa shape index (κ2) is 18.8. The Bertz CT molecular complexity index is 3530. The van der Waals surface area contributed by atoms with Gasteiger partial charge in [-0.15, -0.1) is 18.2 Å². The van der Waals surface area contributed by atoms with Gasteiger partial charge in [0.2, 0.25) is 0 Å². The number of nitrogens with zero attached hydrogens (tertiary/aromatic N) is 3. The largest absolute Gasteiger partial charge is 0 e. The molecule has 0 bridgehead atoms. The van der Waals surface area contributed by atoms with Crippen LogP contribution < -0.4 is 4.40 Å². The summed E-state index contributed by atoms with van der Waals surface area (Å²) in [7, 11) is 0. The van der Waals surface area contributed by atoms with Crippen LogP contribution in [0, 0.1) is 12.1 Å². The van der Waals surface area contributed by atoms with E-state index in [1.807, 2.05) is 50.4 Å². The van der Waals surface area contributed by atoms with E-state index >= 15 is 0 Å². The van der Waals surface area contributed by atoms with E-state index < -0.39 is 19.2 Å². The van der Waals surface area contributed by atoms with Crippen LogP contribution in [0.1, 0.15) is 102 Å². The molecule has 0 fully saturated rings. The van der Waals surface area contributed by atoms with Crippen LogP contribution in [-0.4, -0.2) is 27.8 Å². The summed E-state index contributed by atoms with van der Waals surface area (Å²) >= 11 is -2.03. The van der Waals surface area contributed by atoms with E-state index in [-0.39, 0.29) is 37.4 Å². The van der Waals surface area contributed by atoms with Crippen molar-refractivity contribution < 1.29 is 25.9 Å². The van der Waals surface area contributed by atoms with Gasteiger partial charge >= 0.3 is 120 Å². The fourth-order valence-electron chi connectivity index (χ4n) is 10.4. The molecule has 10 aromatic rings. The fraction of sp³-hybridized carbons (Fsp3) is 0.238. The van der Waals surface area contributed by atoms with Crippen molar-refractivity contribution in [3.8, 4) is 50.6 Å². The van der Waals surface area contributed by atoms with Crippen LogP contribution in [-0.2, 0) is 25.5 Å².